The van der Waals surface area contributed by atoms with E-state index in [1.54, 1.807) is 13.0 Å². The van der Waals surface area contributed by atoms with Crippen LogP contribution in [0.25, 0.3) is 16.3 Å². The smallest absolute Gasteiger partial charge is 0.248 e. The predicted octanol–water partition coefficient (Wildman–Crippen LogP) is 2.22. The number of rotatable bonds is 3. The van der Waals surface area contributed by atoms with Gasteiger partial charge in [-0.1, -0.05) is 18.2 Å². The monoisotopic (exact) mass is 357 g/mol. The van der Waals surface area contributed by atoms with E-state index in [9.17, 15) is 8.42 Å². The van der Waals surface area contributed by atoms with Gasteiger partial charge in [0.25, 0.3) is 0 Å². The summed E-state index contributed by atoms with van der Waals surface area (Å²) in [6.45, 7) is 4.78. The van der Waals surface area contributed by atoms with Crippen molar-refractivity contribution in [3.8, 4) is 6.07 Å². The van der Waals surface area contributed by atoms with Gasteiger partial charge >= 0.3 is 0 Å². The fraction of sp³-hybridized carbons (Fsp3) is 0.278. The SMILES string of the molecule is C/C(=C(/C#N)S(N)(=O)=O)c1ccc2cc(N3CCOCC3)ccc2c1. The summed E-state index contributed by atoms with van der Waals surface area (Å²) < 4.78 is 28.5. The molecule has 0 radical (unpaired) electrons. The number of hydrogen-bond acceptors (Lipinski definition) is 5. The number of sulfonamides is 1. The molecule has 0 unspecified atom stereocenters. The summed E-state index contributed by atoms with van der Waals surface area (Å²) in [6.07, 6.45) is 0. The van der Waals surface area contributed by atoms with Gasteiger partial charge in [0.15, 0.2) is 4.91 Å². The summed E-state index contributed by atoms with van der Waals surface area (Å²) in [5.41, 5.74) is 2.15. The van der Waals surface area contributed by atoms with Crippen LogP contribution in [0.1, 0.15) is 12.5 Å². The van der Waals surface area contributed by atoms with Gasteiger partial charge in [-0.25, -0.2) is 13.6 Å². The Morgan fingerprint density at radius 1 is 1.16 bits per heavy atom. The van der Waals surface area contributed by atoms with Gasteiger partial charge in [0.2, 0.25) is 10.0 Å². The van der Waals surface area contributed by atoms with Crippen LogP contribution < -0.4 is 10.0 Å². The first-order valence-corrected chi connectivity index (χ1v) is 9.45. The minimum Gasteiger partial charge on any atom is -0.378 e. The highest BCUT2D eigenvalue weighted by Crippen LogP contribution is 2.27. The summed E-state index contributed by atoms with van der Waals surface area (Å²) in [7, 11) is -4.04. The normalized spacial score (nSPS) is 16.4. The van der Waals surface area contributed by atoms with Gasteiger partial charge in [-0.05, 0) is 47.0 Å². The molecular formula is C18H19N3O3S. The number of fused-ring (bicyclic) bond motifs is 1. The average Bonchev–Trinajstić information content (AvgIpc) is 2.61. The highest BCUT2D eigenvalue weighted by molar-refractivity contribution is 7.93. The van der Waals surface area contributed by atoms with E-state index in [2.05, 4.69) is 11.0 Å². The molecule has 0 bridgehead atoms. The number of hydrogen-bond donors (Lipinski definition) is 1. The van der Waals surface area contributed by atoms with Crippen molar-refractivity contribution in [1.29, 1.82) is 5.26 Å². The maximum atomic E-state index is 11.5. The molecule has 0 amide bonds. The Balaban J connectivity index is 2.01. The van der Waals surface area contributed by atoms with E-state index in [4.69, 9.17) is 15.1 Å². The van der Waals surface area contributed by atoms with Crippen LogP contribution in [0.4, 0.5) is 5.69 Å². The van der Waals surface area contributed by atoms with Gasteiger partial charge < -0.3 is 9.64 Å². The van der Waals surface area contributed by atoms with E-state index in [0.29, 0.717) is 11.1 Å². The Morgan fingerprint density at radius 2 is 1.80 bits per heavy atom. The molecule has 0 saturated carbocycles. The number of morpholine rings is 1. The van der Waals surface area contributed by atoms with Crippen molar-refractivity contribution in [3.63, 3.8) is 0 Å². The first-order chi connectivity index (χ1) is 11.9. The third-order valence-corrected chi connectivity index (χ3v) is 5.33. The summed E-state index contributed by atoms with van der Waals surface area (Å²) in [5.74, 6) is 0. The van der Waals surface area contributed by atoms with Crippen molar-refractivity contribution in [2.45, 2.75) is 6.92 Å². The van der Waals surface area contributed by atoms with Crippen molar-refractivity contribution in [3.05, 3.63) is 46.9 Å². The number of anilines is 1. The van der Waals surface area contributed by atoms with Crippen LogP contribution in [0.15, 0.2) is 41.3 Å². The fourth-order valence-electron chi connectivity index (χ4n) is 2.98. The molecule has 130 valence electrons. The van der Waals surface area contributed by atoms with Crippen LogP contribution in [0.2, 0.25) is 0 Å². The molecule has 0 aliphatic carbocycles. The van der Waals surface area contributed by atoms with E-state index in [1.165, 1.54) is 0 Å². The standard InChI is InChI=1S/C18H19N3O3S/c1-13(18(12-19)25(20,22)23)14-2-3-16-11-17(5-4-15(16)10-14)21-6-8-24-9-7-21/h2-5,10-11H,6-9H2,1H3,(H2,20,22,23)/b18-13+. The minimum absolute atomic E-state index is 0.351. The van der Waals surface area contributed by atoms with Gasteiger partial charge in [-0.3, -0.25) is 0 Å². The van der Waals surface area contributed by atoms with Gasteiger partial charge in [0.1, 0.15) is 6.07 Å². The molecule has 1 aliphatic heterocycles. The van der Waals surface area contributed by atoms with Crippen molar-refractivity contribution in [1.82, 2.24) is 0 Å². The summed E-state index contributed by atoms with van der Waals surface area (Å²) in [4.78, 5) is 1.87. The van der Waals surface area contributed by atoms with Crippen LogP contribution in [-0.2, 0) is 14.8 Å². The number of primary sulfonamides is 1. The Morgan fingerprint density at radius 3 is 2.44 bits per heavy atom. The molecule has 1 saturated heterocycles. The third kappa shape index (κ3) is 3.66. The lowest BCUT2D eigenvalue weighted by atomic mass is 10.0. The minimum atomic E-state index is -4.04. The molecule has 1 aliphatic rings. The van der Waals surface area contributed by atoms with Crippen LogP contribution in [0.3, 0.4) is 0 Å². The van der Waals surface area contributed by atoms with Crippen LogP contribution in [0, 0.1) is 11.3 Å². The first kappa shape index (κ1) is 17.4. The number of benzene rings is 2. The zero-order chi connectivity index (χ0) is 18.0. The maximum absolute atomic E-state index is 11.5. The third-order valence-electron chi connectivity index (χ3n) is 4.36. The van der Waals surface area contributed by atoms with Crippen LogP contribution >= 0.6 is 0 Å². The van der Waals surface area contributed by atoms with Gasteiger partial charge in [0.05, 0.1) is 13.2 Å². The van der Waals surface area contributed by atoms with E-state index < -0.39 is 14.9 Å². The molecular weight excluding hydrogens is 338 g/mol. The lowest BCUT2D eigenvalue weighted by Crippen LogP contribution is -2.36. The Bertz CT molecular complexity index is 984. The number of ether oxygens (including phenoxy) is 1. The highest BCUT2D eigenvalue weighted by Gasteiger charge is 2.17. The second kappa shape index (κ2) is 6.84. The molecule has 2 N–H and O–H groups in total. The Hall–Kier alpha value is -2.40. The summed E-state index contributed by atoms with van der Waals surface area (Å²) in [6, 6.07) is 13.4. The zero-order valence-electron chi connectivity index (χ0n) is 13.9. The van der Waals surface area contributed by atoms with Crippen molar-refractivity contribution < 1.29 is 13.2 Å². The molecule has 6 nitrogen and oxygen atoms in total. The van der Waals surface area contributed by atoms with Gasteiger partial charge in [0, 0.05) is 18.8 Å². The maximum Gasteiger partial charge on any atom is 0.248 e. The molecule has 25 heavy (non-hydrogen) atoms. The van der Waals surface area contributed by atoms with E-state index >= 15 is 0 Å². The molecule has 1 fully saturated rings. The largest absolute Gasteiger partial charge is 0.378 e. The average molecular weight is 357 g/mol. The molecule has 7 heteroatoms. The zero-order valence-corrected chi connectivity index (χ0v) is 14.7. The molecule has 0 aromatic heterocycles. The molecule has 2 aromatic carbocycles. The van der Waals surface area contributed by atoms with Crippen molar-refractivity contribution in [2.24, 2.45) is 5.14 Å². The second-order valence-corrected chi connectivity index (χ2v) is 7.45. The van der Waals surface area contributed by atoms with Gasteiger partial charge in [-0.15, -0.1) is 0 Å². The summed E-state index contributed by atoms with van der Waals surface area (Å²) >= 11 is 0. The number of nitrogens with zero attached hydrogens (tertiary/aromatic N) is 2. The Kier molecular flexibility index (Phi) is 4.77. The molecule has 3 rings (SSSR count). The molecule has 0 spiro atoms. The lowest BCUT2D eigenvalue weighted by molar-refractivity contribution is 0.122. The summed E-state index contributed by atoms with van der Waals surface area (Å²) in [5, 5.41) is 16.2. The highest BCUT2D eigenvalue weighted by atomic mass is 32.2. The van der Waals surface area contributed by atoms with E-state index in [1.807, 2.05) is 30.3 Å². The van der Waals surface area contributed by atoms with E-state index in [0.717, 1.165) is 42.8 Å². The van der Waals surface area contributed by atoms with Crippen molar-refractivity contribution >= 4 is 32.1 Å². The topological polar surface area (TPSA) is 96.4 Å². The number of nitrogens with two attached hydrogens (primary N) is 1. The Labute approximate surface area is 147 Å². The van der Waals surface area contributed by atoms with Crippen molar-refractivity contribution in [2.75, 3.05) is 31.2 Å². The lowest BCUT2D eigenvalue weighted by Gasteiger charge is -2.29. The van der Waals surface area contributed by atoms with E-state index in [-0.39, 0.29) is 0 Å². The number of nitriles is 1. The predicted molar refractivity (Wildman–Crippen MR) is 98.3 cm³/mol. The number of allylic oxidation sites excluding steroid dienone is 2. The van der Waals surface area contributed by atoms with Crippen LogP contribution in [0.5, 0.6) is 0 Å². The molecule has 1 heterocycles. The second-order valence-electron chi connectivity index (χ2n) is 5.96. The molecule has 0 atom stereocenters. The fourth-order valence-corrected chi connectivity index (χ4v) is 3.65. The quantitative estimate of drug-likeness (QED) is 0.850. The van der Waals surface area contributed by atoms with Crippen LogP contribution in [-0.4, -0.2) is 34.7 Å². The molecule has 2 aromatic rings. The first-order valence-electron chi connectivity index (χ1n) is 7.91. The van der Waals surface area contributed by atoms with Gasteiger partial charge in [-0.2, -0.15) is 5.26 Å².